The van der Waals surface area contributed by atoms with Gasteiger partial charge in [0.1, 0.15) is 24.9 Å². The van der Waals surface area contributed by atoms with Gasteiger partial charge in [-0.15, -0.1) is 6.58 Å². The van der Waals surface area contributed by atoms with Crippen molar-refractivity contribution in [3.05, 3.63) is 36.6 Å². The van der Waals surface area contributed by atoms with Crippen molar-refractivity contribution in [3.8, 4) is 0 Å². The van der Waals surface area contributed by atoms with Gasteiger partial charge in [0.2, 0.25) is 12.1 Å². The molecule has 0 aromatic heterocycles. The van der Waals surface area contributed by atoms with E-state index in [0.717, 1.165) is 30.4 Å². The number of likely N-dealkylation sites (tertiary alicyclic amines) is 1. The molecule has 49 heavy (non-hydrogen) atoms. The topological polar surface area (TPSA) is 270 Å². The molecule has 17 heteroatoms. The third-order valence-corrected chi connectivity index (χ3v) is 9.81. The number of aliphatic imine (C=N–C) groups is 1. The van der Waals surface area contributed by atoms with Crippen LogP contribution in [0.5, 0.6) is 0 Å². The molecule has 4 unspecified atom stereocenters. The summed E-state index contributed by atoms with van der Waals surface area (Å²) < 4.78 is 22.9. The van der Waals surface area contributed by atoms with Gasteiger partial charge in [-0.2, -0.15) is 0 Å². The summed E-state index contributed by atoms with van der Waals surface area (Å²) >= 11 is 0. The second kappa shape index (κ2) is 17.2. The fraction of sp³-hybridized carbons (Fsp3) is 0.719. The SMILES string of the molecule is C=C[C@H]1[C@H](O[C@H]2O[C@H](CO)[C@@H](O)C(O)(O)[C@H]2O)OC=C(C(=O)OC2CCCCC2)[C@@H]1C=CC1C[NH+](CCO)CC(C(=O)[O-])C1NC(N)=NC. The molecule has 0 spiro atoms. The summed E-state index contributed by atoms with van der Waals surface area (Å²) in [6.07, 6.45) is 1.04. The van der Waals surface area contributed by atoms with Crippen molar-refractivity contribution >= 4 is 17.9 Å². The maximum absolute atomic E-state index is 13.6. The number of aliphatic hydroxyl groups excluding tert-OH is 4. The fourth-order valence-corrected chi connectivity index (χ4v) is 7.00. The monoisotopic (exact) mass is 698 g/mol. The third-order valence-electron chi connectivity index (χ3n) is 9.81. The van der Waals surface area contributed by atoms with Crippen LogP contribution in [0.1, 0.15) is 32.1 Å². The van der Waals surface area contributed by atoms with Gasteiger partial charge in [-0.1, -0.05) is 24.6 Å². The molecular weight excluding hydrogens is 648 g/mol. The number of allylic oxidation sites excluding steroid dienone is 1. The Bertz CT molecular complexity index is 1240. The number of piperidine rings is 1. The molecule has 0 radical (unpaired) electrons. The maximum atomic E-state index is 13.6. The number of aliphatic carboxylic acids is 1. The summed E-state index contributed by atoms with van der Waals surface area (Å²) in [4.78, 5) is 30.6. The van der Waals surface area contributed by atoms with E-state index in [2.05, 4.69) is 16.9 Å². The summed E-state index contributed by atoms with van der Waals surface area (Å²) in [6, 6.07) is -0.766. The molecule has 3 aliphatic heterocycles. The van der Waals surface area contributed by atoms with Gasteiger partial charge in [0.05, 0.1) is 62.0 Å². The number of hydrogen-bond donors (Lipinski definition) is 9. The maximum Gasteiger partial charge on any atom is 0.338 e. The Hall–Kier alpha value is -3.13. The minimum absolute atomic E-state index is 0.0154. The summed E-state index contributed by atoms with van der Waals surface area (Å²) in [5.41, 5.74) is 6.06. The second-order valence-corrected chi connectivity index (χ2v) is 13.0. The van der Waals surface area contributed by atoms with Crippen molar-refractivity contribution in [2.24, 2.45) is 34.4 Å². The number of guanidine groups is 1. The van der Waals surface area contributed by atoms with Crippen LogP contribution in [0.25, 0.3) is 0 Å². The van der Waals surface area contributed by atoms with E-state index >= 15 is 0 Å². The van der Waals surface area contributed by atoms with Crippen LogP contribution in [-0.4, -0.2) is 137 Å². The minimum atomic E-state index is -3.11. The fourth-order valence-electron chi connectivity index (χ4n) is 7.00. The molecule has 276 valence electrons. The normalized spacial score (nSPS) is 37.2. The Labute approximate surface area is 284 Å². The van der Waals surface area contributed by atoms with E-state index in [0.29, 0.717) is 19.4 Å². The lowest BCUT2D eigenvalue weighted by Crippen LogP contribution is -3.16. The van der Waals surface area contributed by atoms with Crippen molar-refractivity contribution in [2.75, 3.05) is 39.9 Å². The van der Waals surface area contributed by atoms with E-state index in [1.165, 1.54) is 13.1 Å². The summed E-state index contributed by atoms with van der Waals surface area (Å²) in [7, 11) is 1.45. The number of ether oxygens (including phenoxy) is 4. The molecule has 4 rings (SSSR count). The van der Waals surface area contributed by atoms with E-state index in [4.69, 9.17) is 24.7 Å². The molecule has 3 fully saturated rings. The molecule has 10 N–H and O–H groups in total. The smallest absolute Gasteiger partial charge is 0.338 e. The number of carbonyl (C=O) groups excluding carboxylic acids is 2. The number of hydrogen-bond acceptors (Lipinski definition) is 14. The second-order valence-electron chi connectivity index (χ2n) is 13.0. The number of quaternary nitrogens is 1. The Morgan fingerprint density at radius 2 is 1.88 bits per heavy atom. The van der Waals surface area contributed by atoms with Crippen molar-refractivity contribution < 1.29 is 69.2 Å². The van der Waals surface area contributed by atoms with E-state index in [1.54, 1.807) is 12.2 Å². The number of nitrogens with one attached hydrogen (secondary N) is 2. The number of esters is 1. The van der Waals surface area contributed by atoms with Gasteiger partial charge in [-0.3, -0.25) is 4.99 Å². The average molecular weight is 699 g/mol. The predicted octanol–water partition coefficient (Wildman–Crippen LogP) is -5.01. The standard InChI is InChI=1S/C32H50N4O13/c1-3-19-20(10-9-17-13-36(11-12-37)14-21(27(41)42)24(17)35-31(33)34-2)22(28(43)47-18-7-5-4-6-8-18)16-46-29(19)49-30-26(40)32(44,45)25(39)23(15-38)48-30/h3,9-10,16-21,23-26,29-30,37-40,44-45H,1,4-8,11-15H2,2H3,(H,41,42)(H3,33,34,35)/t17?,19-,20-,21?,23-,24?,25-,26+,29+,30-/m1/s1. The lowest BCUT2D eigenvalue weighted by atomic mass is 9.79. The average Bonchev–Trinajstić information content (AvgIpc) is 3.08. The van der Waals surface area contributed by atoms with Gasteiger partial charge >= 0.3 is 5.97 Å². The molecule has 11 atom stereocenters. The molecule has 17 nitrogen and oxygen atoms in total. The number of carboxylic acids is 1. The molecule has 1 saturated carbocycles. The van der Waals surface area contributed by atoms with E-state index in [1.807, 2.05) is 0 Å². The Morgan fingerprint density at radius 3 is 2.49 bits per heavy atom. The molecule has 3 heterocycles. The first-order valence-corrected chi connectivity index (χ1v) is 16.6. The quantitative estimate of drug-likeness (QED) is 0.0304. The zero-order valence-electron chi connectivity index (χ0n) is 27.5. The zero-order valence-corrected chi connectivity index (χ0v) is 27.5. The first kappa shape index (κ1) is 38.7. The predicted molar refractivity (Wildman–Crippen MR) is 167 cm³/mol. The first-order chi connectivity index (χ1) is 23.4. The highest BCUT2D eigenvalue weighted by Crippen LogP contribution is 2.38. The van der Waals surface area contributed by atoms with E-state index in [9.17, 15) is 45.3 Å². The number of rotatable bonds is 12. The highest BCUT2D eigenvalue weighted by molar-refractivity contribution is 5.89. The Balaban J connectivity index is 1.68. The van der Waals surface area contributed by atoms with Crippen LogP contribution in [0, 0.1) is 23.7 Å². The van der Waals surface area contributed by atoms with Crippen molar-refractivity contribution in [1.29, 1.82) is 0 Å². The Kier molecular flexibility index (Phi) is 13.6. The van der Waals surface area contributed by atoms with Crippen LogP contribution in [-0.2, 0) is 28.5 Å². The first-order valence-electron chi connectivity index (χ1n) is 16.6. The van der Waals surface area contributed by atoms with Gasteiger partial charge in [-0.25, -0.2) is 4.79 Å². The molecule has 0 amide bonds. The molecule has 1 aliphatic carbocycles. The van der Waals surface area contributed by atoms with Gasteiger partial charge in [0, 0.05) is 18.9 Å². The largest absolute Gasteiger partial charge is 0.550 e. The van der Waals surface area contributed by atoms with Crippen LogP contribution in [0.4, 0.5) is 0 Å². The van der Waals surface area contributed by atoms with Crippen LogP contribution < -0.4 is 21.1 Å². The summed E-state index contributed by atoms with van der Waals surface area (Å²) in [6.45, 7) is 3.71. The zero-order chi connectivity index (χ0) is 35.9. The van der Waals surface area contributed by atoms with E-state index < -0.39 is 84.9 Å². The molecule has 4 aliphatic rings. The van der Waals surface area contributed by atoms with Gasteiger partial charge < -0.3 is 75.4 Å². The lowest BCUT2D eigenvalue weighted by Gasteiger charge is -2.46. The van der Waals surface area contributed by atoms with Crippen LogP contribution in [0.3, 0.4) is 0 Å². The van der Waals surface area contributed by atoms with Crippen LogP contribution in [0.2, 0.25) is 0 Å². The molecule has 0 bridgehead atoms. The highest BCUT2D eigenvalue weighted by atomic mass is 16.8. The van der Waals surface area contributed by atoms with Gasteiger partial charge in [0.15, 0.2) is 18.4 Å². The molecule has 2 saturated heterocycles. The summed E-state index contributed by atoms with van der Waals surface area (Å²) in [5, 5.41) is 76.0. The lowest BCUT2D eigenvalue weighted by molar-refractivity contribution is -0.911. The number of carboxylic acid groups (broad SMARTS) is 1. The summed E-state index contributed by atoms with van der Waals surface area (Å²) in [5.74, 6) is -8.34. The number of nitrogens with zero attached hydrogens (tertiary/aromatic N) is 1. The highest BCUT2D eigenvalue weighted by Gasteiger charge is 2.56. The van der Waals surface area contributed by atoms with Crippen molar-refractivity contribution in [2.45, 2.75) is 80.9 Å². The Morgan fingerprint density at radius 1 is 1.16 bits per heavy atom. The van der Waals surface area contributed by atoms with Crippen molar-refractivity contribution in [1.82, 2.24) is 5.32 Å². The van der Waals surface area contributed by atoms with Crippen molar-refractivity contribution in [3.63, 3.8) is 0 Å². The molecular formula is C32H50N4O13. The van der Waals surface area contributed by atoms with Crippen LogP contribution >= 0.6 is 0 Å². The minimum Gasteiger partial charge on any atom is -0.550 e. The number of nitrogens with two attached hydrogens (primary N) is 1. The molecule has 0 aromatic carbocycles. The van der Waals surface area contributed by atoms with E-state index in [-0.39, 0.29) is 37.3 Å². The number of aliphatic hydroxyl groups is 6. The van der Waals surface area contributed by atoms with Gasteiger partial charge in [0.25, 0.3) is 0 Å². The van der Waals surface area contributed by atoms with Crippen LogP contribution in [0.15, 0.2) is 41.6 Å². The third kappa shape index (κ3) is 8.97. The molecule has 0 aromatic rings. The number of carbonyl (C=O) groups is 2. The van der Waals surface area contributed by atoms with Gasteiger partial charge in [-0.05, 0) is 25.7 Å².